The molecule has 2 atom stereocenters. The van der Waals surface area contributed by atoms with Crippen LogP contribution >= 0.6 is 0 Å². The lowest BCUT2D eigenvalue weighted by Crippen LogP contribution is -2.53. The lowest BCUT2D eigenvalue weighted by atomic mass is 10.0. The van der Waals surface area contributed by atoms with Gasteiger partial charge < -0.3 is 15.4 Å². The third-order valence-electron chi connectivity index (χ3n) is 2.73. The lowest BCUT2D eigenvalue weighted by Gasteiger charge is -2.34. The second kappa shape index (κ2) is 5.84. The zero-order chi connectivity index (χ0) is 12.1. The molecule has 16 heavy (non-hydrogen) atoms. The molecule has 1 saturated heterocycles. The standard InChI is InChI=1S/C11H20N2O3/c1-3-16-11(15)9-6-4-5-7-13(9)10(14)8(2)12/h8-9H,3-7,12H2,1-2H3/t8-,9?/m1/s1. The minimum absolute atomic E-state index is 0.169. The van der Waals surface area contributed by atoms with Gasteiger partial charge in [-0.05, 0) is 33.1 Å². The summed E-state index contributed by atoms with van der Waals surface area (Å²) in [4.78, 5) is 25.1. The summed E-state index contributed by atoms with van der Waals surface area (Å²) in [6, 6.07) is -0.998. The van der Waals surface area contributed by atoms with Gasteiger partial charge in [0, 0.05) is 6.54 Å². The highest BCUT2D eigenvalue weighted by molar-refractivity contribution is 5.87. The van der Waals surface area contributed by atoms with Crippen LogP contribution in [-0.4, -0.2) is 42.0 Å². The molecule has 0 aromatic rings. The van der Waals surface area contributed by atoms with Crippen molar-refractivity contribution in [2.75, 3.05) is 13.2 Å². The van der Waals surface area contributed by atoms with Crippen LogP contribution in [0.25, 0.3) is 0 Å². The summed E-state index contributed by atoms with van der Waals surface area (Å²) in [7, 11) is 0. The number of esters is 1. The molecule has 0 saturated carbocycles. The van der Waals surface area contributed by atoms with Gasteiger partial charge in [-0.25, -0.2) is 4.79 Å². The molecule has 92 valence electrons. The van der Waals surface area contributed by atoms with E-state index in [0.29, 0.717) is 19.6 Å². The Balaban J connectivity index is 2.71. The summed E-state index contributed by atoms with van der Waals surface area (Å²) in [5, 5.41) is 0. The van der Waals surface area contributed by atoms with Gasteiger partial charge in [-0.2, -0.15) is 0 Å². The molecule has 1 unspecified atom stereocenters. The number of amides is 1. The van der Waals surface area contributed by atoms with Crippen LogP contribution in [0.4, 0.5) is 0 Å². The van der Waals surface area contributed by atoms with Crippen molar-refractivity contribution >= 4 is 11.9 Å². The lowest BCUT2D eigenvalue weighted by molar-refractivity contribution is -0.156. The molecule has 0 aromatic heterocycles. The van der Waals surface area contributed by atoms with Crippen molar-refractivity contribution in [3.8, 4) is 0 Å². The summed E-state index contributed by atoms with van der Waals surface area (Å²) >= 11 is 0. The molecular weight excluding hydrogens is 208 g/mol. The van der Waals surface area contributed by atoms with Gasteiger partial charge in [-0.1, -0.05) is 0 Å². The summed E-state index contributed by atoms with van der Waals surface area (Å²) in [5.74, 6) is -0.478. The third-order valence-corrected chi connectivity index (χ3v) is 2.73. The Bertz CT molecular complexity index is 266. The van der Waals surface area contributed by atoms with Gasteiger partial charge in [-0.15, -0.1) is 0 Å². The van der Waals surface area contributed by atoms with E-state index in [-0.39, 0.29) is 11.9 Å². The molecule has 5 heteroatoms. The van der Waals surface area contributed by atoms with Crippen LogP contribution in [0.15, 0.2) is 0 Å². The molecule has 2 N–H and O–H groups in total. The predicted octanol–water partition coefficient (Wildman–Crippen LogP) is 0.278. The number of likely N-dealkylation sites (tertiary alicyclic amines) is 1. The van der Waals surface area contributed by atoms with Crippen LogP contribution in [0.5, 0.6) is 0 Å². The van der Waals surface area contributed by atoms with Crippen molar-refractivity contribution in [3.05, 3.63) is 0 Å². The summed E-state index contributed by atoms with van der Waals surface area (Å²) in [5.41, 5.74) is 5.56. The van der Waals surface area contributed by atoms with E-state index in [0.717, 1.165) is 12.8 Å². The number of hydrogen-bond acceptors (Lipinski definition) is 4. The number of nitrogens with zero attached hydrogens (tertiary/aromatic N) is 1. The fraction of sp³-hybridized carbons (Fsp3) is 0.818. The van der Waals surface area contributed by atoms with Crippen molar-refractivity contribution in [2.45, 2.75) is 45.2 Å². The number of carbonyl (C=O) groups is 2. The molecule has 1 heterocycles. The number of carbonyl (C=O) groups excluding carboxylic acids is 2. The van der Waals surface area contributed by atoms with Gasteiger partial charge >= 0.3 is 5.97 Å². The van der Waals surface area contributed by atoms with Crippen LogP contribution in [0.2, 0.25) is 0 Å². The van der Waals surface area contributed by atoms with Crippen molar-refractivity contribution in [3.63, 3.8) is 0 Å². The fourth-order valence-electron chi connectivity index (χ4n) is 1.94. The first-order valence-corrected chi connectivity index (χ1v) is 5.80. The van der Waals surface area contributed by atoms with Gasteiger partial charge in [0.1, 0.15) is 6.04 Å². The van der Waals surface area contributed by atoms with Crippen LogP contribution in [0.3, 0.4) is 0 Å². The van der Waals surface area contributed by atoms with Crippen molar-refractivity contribution < 1.29 is 14.3 Å². The van der Waals surface area contributed by atoms with Crippen molar-refractivity contribution in [2.24, 2.45) is 5.73 Å². The molecular formula is C11H20N2O3. The largest absolute Gasteiger partial charge is 0.464 e. The SMILES string of the molecule is CCOC(=O)C1CCCCN1C(=O)[C@@H](C)N. The Labute approximate surface area is 95.9 Å². The normalized spacial score (nSPS) is 22.7. The number of rotatable bonds is 3. The van der Waals surface area contributed by atoms with Crippen molar-refractivity contribution in [1.82, 2.24) is 4.90 Å². The molecule has 1 aliphatic rings. The third kappa shape index (κ3) is 2.95. The van der Waals surface area contributed by atoms with Gasteiger partial charge in [-0.3, -0.25) is 4.79 Å². The molecule has 1 amide bonds. The van der Waals surface area contributed by atoms with E-state index in [1.807, 2.05) is 0 Å². The number of ether oxygens (including phenoxy) is 1. The second-order valence-corrected chi connectivity index (χ2v) is 4.08. The molecule has 5 nitrogen and oxygen atoms in total. The Kier molecular flexibility index (Phi) is 4.73. The minimum Gasteiger partial charge on any atom is -0.464 e. The molecule has 0 spiro atoms. The summed E-state index contributed by atoms with van der Waals surface area (Å²) in [6.07, 6.45) is 2.55. The van der Waals surface area contributed by atoms with Gasteiger partial charge in [0.05, 0.1) is 12.6 Å². The van der Waals surface area contributed by atoms with E-state index >= 15 is 0 Å². The topological polar surface area (TPSA) is 72.6 Å². The van der Waals surface area contributed by atoms with E-state index in [9.17, 15) is 9.59 Å². The van der Waals surface area contributed by atoms with E-state index in [4.69, 9.17) is 10.5 Å². The Morgan fingerprint density at radius 2 is 2.19 bits per heavy atom. The summed E-state index contributed by atoms with van der Waals surface area (Å²) < 4.78 is 4.97. The van der Waals surface area contributed by atoms with E-state index in [2.05, 4.69) is 0 Å². The van der Waals surface area contributed by atoms with Crippen LogP contribution in [-0.2, 0) is 14.3 Å². The Morgan fingerprint density at radius 1 is 1.50 bits per heavy atom. The first kappa shape index (κ1) is 13.0. The smallest absolute Gasteiger partial charge is 0.328 e. The van der Waals surface area contributed by atoms with Gasteiger partial charge in [0.25, 0.3) is 0 Å². The maximum atomic E-state index is 11.8. The second-order valence-electron chi connectivity index (χ2n) is 4.08. The maximum Gasteiger partial charge on any atom is 0.328 e. The van der Waals surface area contributed by atoms with Gasteiger partial charge in [0.15, 0.2) is 0 Å². The highest BCUT2D eigenvalue weighted by Crippen LogP contribution is 2.18. The monoisotopic (exact) mass is 228 g/mol. The number of piperidine rings is 1. The first-order valence-electron chi connectivity index (χ1n) is 5.80. The summed E-state index contributed by atoms with van der Waals surface area (Å²) in [6.45, 7) is 4.34. The molecule has 0 aromatic carbocycles. The fourth-order valence-corrected chi connectivity index (χ4v) is 1.94. The van der Waals surface area contributed by atoms with Gasteiger partial charge in [0.2, 0.25) is 5.91 Å². The van der Waals surface area contributed by atoms with Crippen molar-refractivity contribution in [1.29, 1.82) is 0 Å². The highest BCUT2D eigenvalue weighted by Gasteiger charge is 2.33. The van der Waals surface area contributed by atoms with Crippen LogP contribution in [0.1, 0.15) is 33.1 Å². The quantitative estimate of drug-likeness (QED) is 0.704. The molecule has 0 aliphatic carbocycles. The van der Waals surface area contributed by atoms with Crippen LogP contribution < -0.4 is 5.73 Å². The zero-order valence-corrected chi connectivity index (χ0v) is 9.94. The Hall–Kier alpha value is -1.10. The van der Waals surface area contributed by atoms with E-state index < -0.39 is 12.1 Å². The molecule has 0 bridgehead atoms. The number of hydrogen-bond donors (Lipinski definition) is 1. The zero-order valence-electron chi connectivity index (χ0n) is 9.94. The minimum atomic E-state index is -0.560. The maximum absolute atomic E-state index is 11.8. The van der Waals surface area contributed by atoms with Crippen LogP contribution in [0, 0.1) is 0 Å². The predicted molar refractivity (Wildman–Crippen MR) is 59.6 cm³/mol. The highest BCUT2D eigenvalue weighted by atomic mass is 16.5. The van der Waals surface area contributed by atoms with E-state index in [1.54, 1.807) is 18.7 Å². The Morgan fingerprint density at radius 3 is 2.75 bits per heavy atom. The molecule has 1 rings (SSSR count). The van der Waals surface area contributed by atoms with E-state index in [1.165, 1.54) is 0 Å². The molecule has 0 radical (unpaired) electrons. The first-order chi connectivity index (χ1) is 7.57. The average Bonchev–Trinajstić information content (AvgIpc) is 2.28. The molecule has 1 fully saturated rings. The average molecular weight is 228 g/mol. The number of nitrogens with two attached hydrogens (primary N) is 1. The molecule has 1 aliphatic heterocycles.